The number of alkyl halides is 3. The number of aliphatic carboxylic acids is 1. The molecule has 0 amide bonds. The zero-order valence-electron chi connectivity index (χ0n) is 9.13. The van der Waals surface area contributed by atoms with Crippen LogP contribution in [-0.2, 0) is 4.79 Å². The lowest BCUT2D eigenvalue weighted by Gasteiger charge is -2.30. The van der Waals surface area contributed by atoms with Crippen molar-refractivity contribution in [3.05, 3.63) is 0 Å². The van der Waals surface area contributed by atoms with Crippen molar-refractivity contribution in [3.63, 3.8) is 0 Å². The fourth-order valence-electron chi connectivity index (χ4n) is 2.07. The zero-order valence-corrected chi connectivity index (χ0v) is 9.13. The van der Waals surface area contributed by atoms with Crippen molar-refractivity contribution in [2.75, 3.05) is 13.1 Å². The Morgan fingerprint density at radius 1 is 1.50 bits per heavy atom. The summed E-state index contributed by atoms with van der Waals surface area (Å²) >= 11 is 0. The maximum atomic E-state index is 12.3. The van der Waals surface area contributed by atoms with Gasteiger partial charge in [-0.3, -0.25) is 9.69 Å². The Bertz CT molecular complexity index is 251. The molecule has 1 rings (SSSR count). The summed E-state index contributed by atoms with van der Waals surface area (Å²) in [5, 5.41) is 8.62. The van der Waals surface area contributed by atoms with Crippen molar-refractivity contribution in [1.82, 2.24) is 4.90 Å². The quantitative estimate of drug-likeness (QED) is 0.771. The number of rotatable bonds is 6. The van der Waals surface area contributed by atoms with E-state index in [2.05, 4.69) is 0 Å². The highest BCUT2D eigenvalue weighted by Crippen LogP contribution is 2.37. The molecular weight excluding hydrogens is 223 g/mol. The molecule has 94 valence electrons. The van der Waals surface area contributed by atoms with E-state index in [0.29, 0.717) is 6.42 Å². The third kappa shape index (κ3) is 4.38. The lowest BCUT2D eigenvalue weighted by molar-refractivity contribution is -0.159. The van der Waals surface area contributed by atoms with Crippen LogP contribution < -0.4 is 0 Å². The Hall–Kier alpha value is -0.780. The molecule has 6 heteroatoms. The van der Waals surface area contributed by atoms with Crippen molar-refractivity contribution < 1.29 is 23.1 Å². The summed E-state index contributed by atoms with van der Waals surface area (Å²) in [7, 11) is 0. The van der Waals surface area contributed by atoms with E-state index in [4.69, 9.17) is 5.11 Å². The van der Waals surface area contributed by atoms with Gasteiger partial charge in [0.05, 0.1) is 13.1 Å². The highest BCUT2D eigenvalue weighted by molar-refractivity contribution is 5.69. The molecule has 1 unspecified atom stereocenters. The van der Waals surface area contributed by atoms with E-state index in [1.54, 1.807) is 6.92 Å². The minimum absolute atomic E-state index is 0.242. The van der Waals surface area contributed by atoms with Gasteiger partial charge in [0.1, 0.15) is 0 Å². The number of nitrogens with zero attached hydrogens (tertiary/aromatic N) is 1. The molecule has 0 aliphatic heterocycles. The third-order valence-corrected chi connectivity index (χ3v) is 2.77. The fourth-order valence-corrected chi connectivity index (χ4v) is 2.07. The van der Waals surface area contributed by atoms with Crippen molar-refractivity contribution in [1.29, 1.82) is 0 Å². The molecule has 1 aliphatic rings. The van der Waals surface area contributed by atoms with Gasteiger partial charge in [-0.2, -0.15) is 13.2 Å². The minimum atomic E-state index is -4.34. The van der Waals surface area contributed by atoms with Gasteiger partial charge in [0.25, 0.3) is 0 Å². The van der Waals surface area contributed by atoms with Crippen LogP contribution in [0.5, 0.6) is 0 Å². The summed E-state index contributed by atoms with van der Waals surface area (Å²) in [6.07, 6.45) is -1.95. The van der Waals surface area contributed by atoms with Crippen LogP contribution in [0.2, 0.25) is 0 Å². The molecule has 1 aliphatic carbocycles. The first-order chi connectivity index (χ1) is 7.33. The topological polar surface area (TPSA) is 40.5 Å². The van der Waals surface area contributed by atoms with E-state index in [0.717, 1.165) is 17.7 Å². The van der Waals surface area contributed by atoms with Crippen LogP contribution in [0, 0.1) is 5.92 Å². The van der Waals surface area contributed by atoms with Gasteiger partial charge in [-0.1, -0.05) is 6.92 Å². The molecule has 0 aromatic rings. The van der Waals surface area contributed by atoms with Crippen molar-refractivity contribution in [2.45, 2.75) is 38.4 Å². The van der Waals surface area contributed by atoms with Crippen LogP contribution in [0.3, 0.4) is 0 Å². The van der Waals surface area contributed by atoms with E-state index in [1.165, 1.54) is 0 Å². The molecule has 0 heterocycles. The molecule has 1 N–H and O–H groups in total. The smallest absolute Gasteiger partial charge is 0.401 e. The van der Waals surface area contributed by atoms with Gasteiger partial charge in [0.2, 0.25) is 0 Å². The summed E-state index contributed by atoms with van der Waals surface area (Å²) in [5.41, 5.74) is 0. The molecule has 0 aromatic carbocycles. The van der Waals surface area contributed by atoms with Gasteiger partial charge in [0.15, 0.2) is 0 Å². The molecule has 0 saturated heterocycles. The second kappa shape index (κ2) is 5.03. The second-order valence-electron chi connectivity index (χ2n) is 4.23. The maximum absolute atomic E-state index is 12.3. The lowest BCUT2D eigenvalue weighted by Crippen LogP contribution is -2.45. The monoisotopic (exact) mass is 239 g/mol. The van der Waals surface area contributed by atoms with E-state index in [-0.39, 0.29) is 12.0 Å². The first kappa shape index (κ1) is 13.3. The molecule has 0 aromatic heterocycles. The van der Waals surface area contributed by atoms with Crippen LogP contribution in [-0.4, -0.2) is 41.3 Å². The zero-order chi connectivity index (χ0) is 12.3. The van der Waals surface area contributed by atoms with Crippen LogP contribution in [0.1, 0.15) is 26.2 Å². The first-order valence-electron chi connectivity index (χ1n) is 5.36. The van der Waals surface area contributed by atoms with Crippen molar-refractivity contribution in [2.24, 2.45) is 5.92 Å². The number of hydrogen-bond donors (Lipinski definition) is 1. The highest BCUT2D eigenvalue weighted by Gasteiger charge is 2.40. The fraction of sp³-hybridized carbons (Fsp3) is 0.900. The van der Waals surface area contributed by atoms with Gasteiger partial charge in [-0.25, -0.2) is 0 Å². The second-order valence-corrected chi connectivity index (χ2v) is 4.23. The maximum Gasteiger partial charge on any atom is 0.401 e. The third-order valence-electron chi connectivity index (χ3n) is 2.77. The first-order valence-corrected chi connectivity index (χ1v) is 5.36. The Kier molecular flexibility index (Phi) is 4.18. The van der Waals surface area contributed by atoms with E-state index in [1.807, 2.05) is 0 Å². The van der Waals surface area contributed by atoms with Crippen LogP contribution in [0.15, 0.2) is 0 Å². The SMILES string of the molecule is CCC(C1CC1)N(CC(=O)O)CC(F)(F)F. The molecule has 1 atom stereocenters. The van der Waals surface area contributed by atoms with Gasteiger partial charge in [0, 0.05) is 6.04 Å². The molecule has 16 heavy (non-hydrogen) atoms. The lowest BCUT2D eigenvalue weighted by atomic mass is 10.1. The van der Waals surface area contributed by atoms with Gasteiger partial charge >= 0.3 is 12.1 Å². The highest BCUT2D eigenvalue weighted by atomic mass is 19.4. The van der Waals surface area contributed by atoms with E-state index in [9.17, 15) is 18.0 Å². The van der Waals surface area contributed by atoms with Crippen LogP contribution in [0.25, 0.3) is 0 Å². The van der Waals surface area contributed by atoms with Crippen molar-refractivity contribution >= 4 is 5.97 Å². The minimum Gasteiger partial charge on any atom is -0.480 e. The van der Waals surface area contributed by atoms with E-state index < -0.39 is 25.2 Å². The molecule has 0 spiro atoms. The summed E-state index contributed by atoms with van der Waals surface area (Å²) in [5.74, 6) is -0.963. The molecule has 3 nitrogen and oxygen atoms in total. The average Bonchev–Trinajstić information content (AvgIpc) is 2.84. The summed E-state index contributed by atoms with van der Waals surface area (Å²) in [6.45, 7) is 0.136. The number of carboxylic acid groups (broad SMARTS) is 1. The number of carboxylic acids is 1. The standard InChI is InChI=1S/C10H16F3NO2/c1-2-8(7-3-4-7)14(5-9(15)16)6-10(11,12)13/h7-8H,2-6H2,1H3,(H,15,16). The normalized spacial score (nSPS) is 18.8. The van der Waals surface area contributed by atoms with Crippen LogP contribution in [0.4, 0.5) is 13.2 Å². The van der Waals surface area contributed by atoms with E-state index >= 15 is 0 Å². The number of halogens is 3. The number of hydrogen-bond acceptors (Lipinski definition) is 2. The molecule has 1 saturated carbocycles. The predicted molar refractivity (Wildman–Crippen MR) is 52.1 cm³/mol. The number of carbonyl (C=O) groups is 1. The predicted octanol–water partition coefficient (Wildman–Crippen LogP) is 2.12. The van der Waals surface area contributed by atoms with Gasteiger partial charge in [-0.15, -0.1) is 0 Å². The summed E-state index contributed by atoms with van der Waals surface area (Å²) in [6, 6.07) is -0.252. The van der Waals surface area contributed by atoms with Crippen LogP contribution >= 0.6 is 0 Å². The molecule has 0 bridgehead atoms. The molecular formula is C10H16F3NO2. The van der Waals surface area contributed by atoms with Crippen molar-refractivity contribution in [3.8, 4) is 0 Å². The Labute approximate surface area is 92.2 Å². The summed E-state index contributed by atoms with van der Waals surface area (Å²) < 4.78 is 36.9. The largest absolute Gasteiger partial charge is 0.480 e. The molecule has 0 radical (unpaired) electrons. The Morgan fingerprint density at radius 2 is 2.06 bits per heavy atom. The summed E-state index contributed by atoms with van der Waals surface area (Å²) in [4.78, 5) is 11.6. The molecule has 1 fully saturated rings. The Morgan fingerprint density at radius 3 is 2.38 bits per heavy atom. The average molecular weight is 239 g/mol. The van der Waals surface area contributed by atoms with Gasteiger partial charge in [-0.05, 0) is 25.2 Å². The Balaban J connectivity index is 2.64. The van der Waals surface area contributed by atoms with Gasteiger partial charge < -0.3 is 5.11 Å².